The summed E-state index contributed by atoms with van der Waals surface area (Å²) in [5.74, 6) is 1.13. The zero-order valence-corrected chi connectivity index (χ0v) is 12.6. The molecule has 2 aromatic rings. The number of para-hydroxylation sites is 2. The zero-order valence-electron chi connectivity index (χ0n) is 12.6. The van der Waals surface area contributed by atoms with Crippen molar-refractivity contribution in [3.8, 4) is 0 Å². The van der Waals surface area contributed by atoms with Crippen LogP contribution in [-0.2, 0) is 17.8 Å². The summed E-state index contributed by atoms with van der Waals surface area (Å²) < 4.78 is 7.66. The van der Waals surface area contributed by atoms with Crippen LogP contribution in [0, 0.1) is 0 Å². The number of hydrogen-bond donors (Lipinski definition) is 1. The molecule has 1 heterocycles. The van der Waals surface area contributed by atoms with E-state index in [0.717, 1.165) is 57.0 Å². The van der Waals surface area contributed by atoms with E-state index in [9.17, 15) is 0 Å². The minimum atomic E-state index is 0.798. The van der Waals surface area contributed by atoms with E-state index in [1.807, 2.05) is 13.0 Å². The molecule has 2 rings (SSSR count). The van der Waals surface area contributed by atoms with Gasteiger partial charge in [0.2, 0.25) is 0 Å². The largest absolute Gasteiger partial charge is 0.382 e. The molecule has 0 spiro atoms. The maximum Gasteiger partial charge on any atom is 0.123 e. The fraction of sp³-hybridized carbons (Fsp3) is 0.562. The van der Waals surface area contributed by atoms with E-state index in [1.54, 1.807) is 0 Å². The van der Waals surface area contributed by atoms with Crippen molar-refractivity contribution < 1.29 is 4.74 Å². The predicted molar refractivity (Wildman–Crippen MR) is 82.8 cm³/mol. The zero-order chi connectivity index (χ0) is 14.2. The molecule has 0 aliphatic carbocycles. The molecule has 1 aromatic carbocycles. The van der Waals surface area contributed by atoms with Crippen LogP contribution in [0.1, 0.15) is 32.5 Å². The lowest BCUT2D eigenvalue weighted by Crippen LogP contribution is -2.19. The number of aromatic nitrogens is 2. The molecule has 0 fully saturated rings. The summed E-state index contributed by atoms with van der Waals surface area (Å²) >= 11 is 0. The number of fused-ring (bicyclic) bond motifs is 1. The summed E-state index contributed by atoms with van der Waals surface area (Å²) in [5.41, 5.74) is 2.33. The predicted octanol–water partition coefficient (Wildman–Crippen LogP) is 2.96. The molecule has 1 aromatic heterocycles. The number of nitrogens with one attached hydrogen (secondary N) is 1. The van der Waals surface area contributed by atoms with Gasteiger partial charge in [-0.25, -0.2) is 4.98 Å². The monoisotopic (exact) mass is 275 g/mol. The van der Waals surface area contributed by atoms with Gasteiger partial charge in [0, 0.05) is 19.8 Å². The lowest BCUT2D eigenvalue weighted by molar-refractivity contribution is 0.144. The number of hydrogen-bond acceptors (Lipinski definition) is 3. The Morgan fingerprint density at radius 2 is 2.10 bits per heavy atom. The second-order valence-corrected chi connectivity index (χ2v) is 4.90. The van der Waals surface area contributed by atoms with Gasteiger partial charge in [-0.1, -0.05) is 19.1 Å². The third-order valence-corrected chi connectivity index (χ3v) is 3.31. The van der Waals surface area contributed by atoms with E-state index in [-0.39, 0.29) is 0 Å². The summed E-state index contributed by atoms with van der Waals surface area (Å²) in [4.78, 5) is 4.73. The van der Waals surface area contributed by atoms with Gasteiger partial charge in [0.1, 0.15) is 5.82 Å². The number of ether oxygens (including phenoxy) is 1. The third-order valence-electron chi connectivity index (χ3n) is 3.31. The molecule has 0 saturated heterocycles. The molecule has 0 unspecified atom stereocenters. The highest BCUT2D eigenvalue weighted by Crippen LogP contribution is 2.16. The van der Waals surface area contributed by atoms with E-state index in [2.05, 4.69) is 35.0 Å². The summed E-state index contributed by atoms with van der Waals surface area (Å²) in [7, 11) is 0. The highest BCUT2D eigenvalue weighted by molar-refractivity contribution is 5.75. The van der Waals surface area contributed by atoms with E-state index in [1.165, 1.54) is 5.52 Å². The first-order valence-corrected chi connectivity index (χ1v) is 7.59. The van der Waals surface area contributed by atoms with E-state index in [4.69, 9.17) is 9.72 Å². The maximum absolute atomic E-state index is 5.34. The molecule has 0 saturated carbocycles. The smallest absolute Gasteiger partial charge is 0.123 e. The number of imidazole rings is 1. The van der Waals surface area contributed by atoms with Crippen molar-refractivity contribution in [2.45, 2.75) is 39.8 Å². The van der Waals surface area contributed by atoms with Crippen molar-refractivity contribution in [3.05, 3.63) is 30.1 Å². The molecule has 0 bridgehead atoms. The van der Waals surface area contributed by atoms with Crippen molar-refractivity contribution in [1.82, 2.24) is 14.9 Å². The van der Waals surface area contributed by atoms with Crippen LogP contribution in [0.5, 0.6) is 0 Å². The quantitative estimate of drug-likeness (QED) is 0.715. The van der Waals surface area contributed by atoms with Gasteiger partial charge < -0.3 is 14.6 Å². The van der Waals surface area contributed by atoms with Gasteiger partial charge in [0.05, 0.1) is 17.6 Å². The molecular weight excluding hydrogens is 250 g/mol. The molecule has 0 radical (unpaired) electrons. The van der Waals surface area contributed by atoms with Gasteiger partial charge in [-0.05, 0) is 38.4 Å². The Balaban J connectivity index is 1.96. The van der Waals surface area contributed by atoms with E-state index < -0.39 is 0 Å². The van der Waals surface area contributed by atoms with Crippen LogP contribution in [0.2, 0.25) is 0 Å². The summed E-state index contributed by atoms with van der Waals surface area (Å²) in [6.45, 7) is 8.67. The topological polar surface area (TPSA) is 39.1 Å². The summed E-state index contributed by atoms with van der Waals surface area (Å²) in [5, 5.41) is 3.46. The van der Waals surface area contributed by atoms with Gasteiger partial charge in [-0.2, -0.15) is 0 Å². The average Bonchev–Trinajstić information content (AvgIpc) is 2.81. The molecule has 4 heteroatoms. The molecule has 1 N–H and O–H groups in total. The van der Waals surface area contributed by atoms with Crippen LogP contribution >= 0.6 is 0 Å². The highest BCUT2D eigenvalue weighted by atomic mass is 16.5. The fourth-order valence-corrected chi connectivity index (χ4v) is 2.38. The van der Waals surface area contributed by atoms with Gasteiger partial charge in [0.15, 0.2) is 0 Å². The van der Waals surface area contributed by atoms with Crippen molar-refractivity contribution >= 4 is 11.0 Å². The third kappa shape index (κ3) is 3.81. The number of benzene rings is 1. The van der Waals surface area contributed by atoms with Crippen LogP contribution < -0.4 is 5.32 Å². The molecule has 0 amide bonds. The maximum atomic E-state index is 5.34. The normalized spacial score (nSPS) is 11.3. The van der Waals surface area contributed by atoms with Crippen LogP contribution in [0.4, 0.5) is 0 Å². The second kappa shape index (κ2) is 8.02. The highest BCUT2D eigenvalue weighted by Gasteiger charge is 2.08. The Hall–Kier alpha value is -1.39. The van der Waals surface area contributed by atoms with Crippen molar-refractivity contribution in [2.24, 2.45) is 0 Å². The summed E-state index contributed by atoms with van der Waals surface area (Å²) in [6.07, 6.45) is 2.17. The first-order valence-electron chi connectivity index (χ1n) is 7.59. The number of aryl methyl sites for hydroxylation is 1. The molecule has 0 aliphatic rings. The number of rotatable bonds is 9. The van der Waals surface area contributed by atoms with Crippen LogP contribution in [0.15, 0.2) is 24.3 Å². The van der Waals surface area contributed by atoms with Crippen molar-refractivity contribution in [1.29, 1.82) is 0 Å². The standard InChI is InChI=1S/C16H25N3O/c1-3-11-19-15-9-6-5-8-14(15)18-16(19)13-17-10-7-12-20-4-2/h5-6,8-9,17H,3-4,7,10-13H2,1-2H3. The fourth-order valence-electron chi connectivity index (χ4n) is 2.38. The molecular formula is C16H25N3O. The Labute approximate surface area is 121 Å². The Morgan fingerprint density at radius 3 is 2.90 bits per heavy atom. The SMILES string of the molecule is CCCn1c(CNCCCOCC)nc2ccccc21. The van der Waals surface area contributed by atoms with Crippen LogP contribution in [0.3, 0.4) is 0 Å². The Morgan fingerprint density at radius 1 is 1.25 bits per heavy atom. The van der Waals surface area contributed by atoms with E-state index >= 15 is 0 Å². The second-order valence-electron chi connectivity index (χ2n) is 4.90. The molecule has 0 aliphatic heterocycles. The first-order chi connectivity index (χ1) is 9.86. The van der Waals surface area contributed by atoms with E-state index in [0.29, 0.717) is 0 Å². The van der Waals surface area contributed by atoms with Gasteiger partial charge >= 0.3 is 0 Å². The lowest BCUT2D eigenvalue weighted by Gasteiger charge is -2.09. The minimum absolute atomic E-state index is 0.798. The van der Waals surface area contributed by atoms with Crippen LogP contribution in [-0.4, -0.2) is 29.3 Å². The summed E-state index contributed by atoms with van der Waals surface area (Å²) in [6, 6.07) is 8.36. The Bertz CT molecular complexity index is 521. The van der Waals surface area contributed by atoms with Gasteiger partial charge in [-0.15, -0.1) is 0 Å². The average molecular weight is 275 g/mol. The first kappa shape index (κ1) is 15.0. The molecule has 4 nitrogen and oxygen atoms in total. The molecule has 110 valence electrons. The van der Waals surface area contributed by atoms with Crippen molar-refractivity contribution in [2.75, 3.05) is 19.8 Å². The van der Waals surface area contributed by atoms with Crippen LogP contribution in [0.25, 0.3) is 11.0 Å². The number of nitrogens with zero attached hydrogens (tertiary/aromatic N) is 2. The van der Waals surface area contributed by atoms with Gasteiger partial charge in [0.25, 0.3) is 0 Å². The molecule has 0 atom stereocenters. The Kier molecular flexibility index (Phi) is 6.02. The van der Waals surface area contributed by atoms with Crippen molar-refractivity contribution in [3.63, 3.8) is 0 Å². The minimum Gasteiger partial charge on any atom is -0.382 e. The van der Waals surface area contributed by atoms with Gasteiger partial charge in [-0.3, -0.25) is 0 Å². The molecule has 20 heavy (non-hydrogen) atoms. The lowest BCUT2D eigenvalue weighted by atomic mass is 10.3.